The number of ether oxygens (including phenoxy) is 1. The van der Waals surface area contributed by atoms with Gasteiger partial charge in [-0.25, -0.2) is 9.97 Å². The maximum atomic E-state index is 12.2. The normalized spacial score (nSPS) is 18.9. The van der Waals surface area contributed by atoms with Gasteiger partial charge < -0.3 is 15.0 Å². The second-order valence-electron chi connectivity index (χ2n) is 4.88. The molecule has 1 fully saturated rings. The van der Waals surface area contributed by atoms with Crippen LogP contribution in [0.2, 0.25) is 0 Å². The lowest BCUT2D eigenvalue weighted by molar-refractivity contribution is -0.125. The maximum absolute atomic E-state index is 12.2. The zero-order valence-electron chi connectivity index (χ0n) is 11.6. The lowest BCUT2D eigenvalue weighted by Gasteiger charge is -2.34. The van der Waals surface area contributed by atoms with Gasteiger partial charge in [0.1, 0.15) is 6.04 Å². The van der Waals surface area contributed by atoms with Gasteiger partial charge >= 0.3 is 0 Å². The number of aldehydes is 1. The van der Waals surface area contributed by atoms with Gasteiger partial charge in [-0.05, 0) is 13.8 Å². The molecule has 1 saturated heterocycles. The van der Waals surface area contributed by atoms with E-state index in [-0.39, 0.29) is 11.9 Å². The molecule has 2 heterocycles. The number of nitrogens with one attached hydrogen (secondary N) is 1. The van der Waals surface area contributed by atoms with E-state index in [1.807, 2.05) is 13.8 Å². The van der Waals surface area contributed by atoms with Crippen molar-refractivity contribution in [1.82, 2.24) is 15.3 Å². The van der Waals surface area contributed by atoms with Crippen molar-refractivity contribution in [1.29, 1.82) is 0 Å². The summed E-state index contributed by atoms with van der Waals surface area (Å²) in [6.45, 7) is 5.17. The Morgan fingerprint density at radius 1 is 1.50 bits per heavy atom. The van der Waals surface area contributed by atoms with Crippen LogP contribution in [0.4, 0.5) is 5.95 Å². The quantitative estimate of drug-likeness (QED) is 0.782. The number of nitrogens with zero attached hydrogens (tertiary/aromatic N) is 3. The molecule has 0 spiro atoms. The van der Waals surface area contributed by atoms with Crippen molar-refractivity contribution in [3.05, 3.63) is 18.0 Å². The van der Waals surface area contributed by atoms with Crippen molar-refractivity contribution in [3.63, 3.8) is 0 Å². The van der Waals surface area contributed by atoms with Crippen LogP contribution in [-0.2, 0) is 9.53 Å². The number of carbonyl (C=O) groups is 2. The standard InChI is InChI=1S/C13H18N4O3/c1-9(2)16-12(19)11-8-20-4-3-17(11)13-14-5-10(7-18)6-15-13/h5-7,9,11H,3-4,8H2,1-2H3,(H,16,19). The first-order chi connectivity index (χ1) is 9.61. The number of rotatable bonds is 4. The van der Waals surface area contributed by atoms with Crippen molar-refractivity contribution in [2.75, 3.05) is 24.7 Å². The average Bonchev–Trinajstić information content (AvgIpc) is 2.46. The highest BCUT2D eigenvalue weighted by molar-refractivity contribution is 5.85. The van der Waals surface area contributed by atoms with Crippen LogP contribution >= 0.6 is 0 Å². The fraction of sp³-hybridized carbons (Fsp3) is 0.538. The summed E-state index contributed by atoms with van der Waals surface area (Å²) in [5.41, 5.74) is 0.408. The van der Waals surface area contributed by atoms with Crippen LogP contribution in [0.15, 0.2) is 12.4 Å². The minimum absolute atomic E-state index is 0.0598. The summed E-state index contributed by atoms with van der Waals surface area (Å²) in [5.74, 6) is 0.325. The smallest absolute Gasteiger partial charge is 0.245 e. The Hall–Kier alpha value is -2.02. The van der Waals surface area contributed by atoms with Crippen LogP contribution in [0.5, 0.6) is 0 Å². The molecule has 7 nitrogen and oxygen atoms in total. The number of carbonyl (C=O) groups excluding carboxylic acids is 2. The summed E-state index contributed by atoms with van der Waals surface area (Å²) in [4.78, 5) is 32.8. The molecule has 1 aromatic rings. The molecule has 1 aliphatic rings. The van der Waals surface area contributed by atoms with Gasteiger partial charge in [-0.15, -0.1) is 0 Å². The summed E-state index contributed by atoms with van der Waals surface area (Å²) in [6.07, 6.45) is 3.58. The molecule has 0 saturated carbocycles. The molecule has 1 amide bonds. The van der Waals surface area contributed by atoms with E-state index in [0.29, 0.717) is 37.6 Å². The Balaban J connectivity index is 2.17. The summed E-state index contributed by atoms with van der Waals surface area (Å²) >= 11 is 0. The highest BCUT2D eigenvalue weighted by Crippen LogP contribution is 2.15. The SMILES string of the molecule is CC(C)NC(=O)C1COCCN1c1ncc(C=O)cn1. The van der Waals surface area contributed by atoms with Crippen LogP contribution in [-0.4, -0.2) is 54.0 Å². The molecule has 1 unspecified atom stereocenters. The van der Waals surface area contributed by atoms with Gasteiger partial charge in [0.25, 0.3) is 0 Å². The van der Waals surface area contributed by atoms with Crippen LogP contribution in [0.25, 0.3) is 0 Å². The predicted molar refractivity (Wildman–Crippen MR) is 72.7 cm³/mol. The van der Waals surface area contributed by atoms with Gasteiger partial charge in [-0.2, -0.15) is 0 Å². The molecular formula is C13H18N4O3. The Kier molecular flexibility index (Phi) is 4.62. The van der Waals surface area contributed by atoms with Gasteiger partial charge in [0.15, 0.2) is 6.29 Å². The summed E-state index contributed by atoms with van der Waals surface area (Å²) in [6, 6.07) is -0.391. The van der Waals surface area contributed by atoms with Crippen molar-refractivity contribution >= 4 is 18.1 Å². The number of aromatic nitrogens is 2. The van der Waals surface area contributed by atoms with Gasteiger partial charge in [0.05, 0.1) is 18.8 Å². The van der Waals surface area contributed by atoms with Crippen LogP contribution in [0.3, 0.4) is 0 Å². The largest absolute Gasteiger partial charge is 0.377 e. The third-order valence-electron chi connectivity index (χ3n) is 2.91. The van der Waals surface area contributed by atoms with Crippen LogP contribution < -0.4 is 10.2 Å². The topological polar surface area (TPSA) is 84.4 Å². The van der Waals surface area contributed by atoms with E-state index in [1.54, 1.807) is 4.90 Å². The Labute approximate surface area is 117 Å². The predicted octanol–water partition coefficient (Wildman–Crippen LogP) is 0.0189. The van der Waals surface area contributed by atoms with E-state index in [9.17, 15) is 9.59 Å². The second-order valence-corrected chi connectivity index (χ2v) is 4.88. The van der Waals surface area contributed by atoms with Crippen molar-refractivity contribution in [2.45, 2.75) is 25.9 Å². The minimum Gasteiger partial charge on any atom is -0.377 e. The lowest BCUT2D eigenvalue weighted by atomic mass is 10.2. The summed E-state index contributed by atoms with van der Waals surface area (Å²) < 4.78 is 5.37. The Morgan fingerprint density at radius 2 is 2.20 bits per heavy atom. The zero-order chi connectivity index (χ0) is 14.5. The molecule has 1 aromatic heterocycles. The number of hydrogen-bond donors (Lipinski definition) is 1. The molecular weight excluding hydrogens is 260 g/mol. The average molecular weight is 278 g/mol. The summed E-state index contributed by atoms with van der Waals surface area (Å²) in [5, 5.41) is 2.86. The molecule has 1 atom stereocenters. The van der Waals surface area contributed by atoms with E-state index >= 15 is 0 Å². The van der Waals surface area contributed by atoms with E-state index < -0.39 is 6.04 Å². The minimum atomic E-state index is -0.451. The molecule has 0 radical (unpaired) electrons. The summed E-state index contributed by atoms with van der Waals surface area (Å²) in [7, 11) is 0. The molecule has 2 rings (SSSR count). The number of anilines is 1. The molecule has 0 aliphatic carbocycles. The van der Waals surface area contributed by atoms with E-state index in [1.165, 1.54) is 12.4 Å². The third-order valence-corrected chi connectivity index (χ3v) is 2.91. The molecule has 0 aromatic carbocycles. The zero-order valence-corrected chi connectivity index (χ0v) is 11.6. The Bertz CT molecular complexity index is 475. The number of morpholine rings is 1. The lowest BCUT2D eigenvalue weighted by Crippen LogP contribution is -2.55. The third kappa shape index (κ3) is 3.30. The van der Waals surface area contributed by atoms with Gasteiger partial charge in [0.2, 0.25) is 11.9 Å². The molecule has 7 heteroatoms. The van der Waals surface area contributed by atoms with Crippen molar-refractivity contribution in [3.8, 4) is 0 Å². The van der Waals surface area contributed by atoms with Crippen molar-refractivity contribution in [2.24, 2.45) is 0 Å². The fourth-order valence-corrected chi connectivity index (χ4v) is 1.98. The van der Waals surface area contributed by atoms with E-state index in [0.717, 1.165) is 0 Å². The first kappa shape index (κ1) is 14.4. The van der Waals surface area contributed by atoms with Crippen LogP contribution in [0.1, 0.15) is 24.2 Å². The maximum Gasteiger partial charge on any atom is 0.245 e. The van der Waals surface area contributed by atoms with Gasteiger partial charge in [0, 0.05) is 25.0 Å². The monoisotopic (exact) mass is 278 g/mol. The Morgan fingerprint density at radius 3 is 2.80 bits per heavy atom. The highest BCUT2D eigenvalue weighted by Gasteiger charge is 2.31. The molecule has 20 heavy (non-hydrogen) atoms. The van der Waals surface area contributed by atoms with Crippen molar-refractivity contribution < 1.29 is 14.3 Å². The number of amides is 1. The van der Waals surface area contributed by atoms with E-state index in [4.69, 9.17) is 4.74 Å². The highest BCUT2D eigenvalue weighted by atomic mass is 16.5. The first-order valence-electron chi connectivity index (χ1n) is 6.54. The molecule has 0 bridgehead atoms. The molecule has 108 valence electrons. The molecule has 1 N–H and O–H groups in total. The van der Waals surface area contributed by atoms with Gasteiger partial charge in [-0.3, -0.25) is 9.59 Å². The molecule has 1 aliphatic heterocycles. The first-order valence-corrected chi connectivity index (χ1v) is 6.54. The second kappa shape index (κ2) is 6.42. The van der Waals surface area contributed by atoms with Gasteiger partial charge in [-0.1, -0.05) is 0 Å². The number of hydrogen-bond acceptors (Lipinski definition) is 6. The fourth-order valence-electron chi connectivity index (χ4n) is 1.98. The van der Waals surface area contributed by atoms with Crippen LogP contribution in [0, 0.1) is 0 Å². The van der Waals surface area contributed by atoms with E-state index in [2.05, 4.69) is 15.3 Å².